The van der Waals surface area contributed by atoms with Gasteiger partial charge in [0, 0.05) is 40.0 Å². The van der Waals surface area contributed by atoms with Crippen LogP contribution in [0.15, 0.2) is 77.4 Å². The predicted molar refractivity (Wildman–Crippen MR) is 153 cm³/mol. The Kier molecular flexibility index (Phi) is 6.20. The molecule has 6 rings (SSSR count). The minimum absolute atomic E-state index is 0.00183. The highest BCUT2D eigenvalue weighted by Crippen LogP contribution is 2.41. The van der Waals surface area contributed by atoms with Gasteiger partial charge in [0.2, 0.25) is 5.78 Å². The average molecular weight is 589 g/mol. The Labute approximate surface area is 232 Å². The largest absolute Gasteiger partial charge is 0.325 e. The molecule has 0 amide bonds. The predicted octanol–water partition coefficient (Wildman–Crippen LogP) is 8.27. The standard InChI is InChI=1S/C30H23BrClN3O3/c1-18-8-10-19(11-9-18)26-17-34-28(29(36)21-12-13-24(32)25(16-21)35(37)38)27(20-5-4-6-22(31)15-20)23-7-2-3-14-33(26)30(23)34/h4-6,8-13,15-17H,2-3,7,14H2,1H3. The molecule has 0 saturated carbocycles. The summed E-state index contributed by atoms with van der Waals surface area (Å²) in [6.07, 6.45) is 4.89. The van der Waals surface area contributed by atoms with Crippen LogP contribution in [0.4, 0.5) is 5.69 Å². The van der Waals surface area contributed by atoms with Crippen LogP contribution in [0.25, 0.3) is 28.0 Å². The van der Waals surface area contributed by atoms with Crippen molar-refractivity contribution in [3.63, 3.8) is 0 Å². The van der Waals surface area contributed by atoms with Crippen LogP contribution in [0.1, 0.15) is 40.0 Å². The number of nitro benzene ring substituents is 1. The number of nitrogens with zero attached hydrogens (tertiary/aromatic N) is 3. The molecule has 0 aliphatic carbocycles. The van der Waals surface area contributed by atoms with Crippen LogP contribution in [0.3, 0.4) is 0 Å². The van der Waals surface area contributed by atoms with E-state index in [4.69, 9.17) is 11.6 Å². The molecule has 0 unspecified atom stereocenters. The zero-order chi connectivity index (χ0) is 26.6. The highest BCUT2D eigenvalue weighted by molar-refractivity contribution is 9.10. The topological polar surface area (TPSA) is 69.6 Å². The number of carbonyl (C=O) groups is 1. The SMILES string of the molecule is Cc1ccc(-c2cn3c(C(=O)c4ccc(Cl)c([N+](=O)[O-])c4)c(-c4cccc(Br)c4)c4c3n2CCCC4)cc1. The molecule has 2 aromatic heterocycles. The van der Waals surface area contributed by atoms with Crippen LogP contribution < -0.4 is 0 Å². The molecule has 0 N–H and O–H groups in total. The van der Waals surface area contributed by atoms with Crippen molar-refractivity contribution >= 4 is 44.6 Å². The lowest BCUT2D eigenvalue weighted by Gasteiger charge is -2.10. The summed E-state index contributed by atoms with van der Waals surface area (Å²) < 4.78 is 5.22. The zero-order valence-electron chi connectivity index (χ0n) is 20.6. The van der Waals surface area contributed by atoms with E-state index in [1.165, 1.54) is 17.7 Å². The molecule has 3 aromatic carbocycles. The van der Waals surface area contributed by atoms with Gasteiger partial charge in [0.05, 0.1) is 10.6 Å². The Morgan fingerprint density at radius 2 is 1.82 bits per heavy atom. The van der Waals surface area contributed by atoms with Crippen LogP contribution in [0.5, 0.6) is 0 Å². The van der Waals surface area contributed by atoms with E-state index in [2.05, 4.69) is 51.7 Å². The molecule has 5 aromatic rings. The first-order valence-electron chi connectivity index (χ1n) is 12.4. The van der Waals surface area contributed by atoms with Gasteiger partial charge in [0.15, 0.2) is 0 Å². The van der Waals surface area contributed by atoms with Crippen molar-refractivity contribution in [1.82, 2.24) is 8.97 Å². The van der Waals surface area contributed by atoms with Crippen molar-refractivity contribution in [3.05, 3.63) is 115 Å². The first-order valence-corrected chi connectivity index (χ1v) is 13.6. The normalized spacial score (nSPS) is 13.0. The maximum atomic E-state index is 14.3. The number of hydrogen-bond donors (Lipinski definition) is 0. The summed E-state index contributed by atoms with van der Waals surface area (Å²) >= 11 is 9.66. The molecule has 0 radical (unpaired) electrons. The van der Waals surface area contributed by atoms with Gasteiger partial charge < -0.3 is 4.57 Å². The molecule has 0 fully saturated rings. The van der Waals surface area contributed by atoms with Gasteiger partial charge in [-0.15, -0.1) is 0 Å². The summed E-state index contributed by atoms with van der Waals surface area (Å²) in [5.74, 6) is -0.283. The van der Waals surface area contributed by atoms with E-state index in [0.29, 0.717) is 5.69 Å². The first-order chi connectivity index (χ1) is 18.3. The van der Waals surface area contributed by atoms with E-state index >= 15 is 0 Å². The van der Waals surface area contributed by atoms with E-state index in [1.807, 2.05) is 34.9 Å². The van der Waals surface area contributed by atoms with E-state index in [-0.39, 0.29) is 22.1 Å². The molecular weight excluding hydrogens is 566 g/mol. The molecule has 1 aliphatic rings. The van der Waals surface area contributed by atoms with Gasteiger partial charge in [-0.1, -0.05) is 69.5 Å². The van der Waals surface area contributed by atoms with Crippen LogP contribution in [0, 0.1) is 17.0 Å². The van der Waals surface area contributed by atoms with Crippen LogP contribution in [-0.2, 0) is 13.0 Å². The molecule has 0 bridgehead atoms. The molecule has 0 spiro atoms. The summed E-state index contributed by atoms with van der Waals surface area (Å²) in [6, 6.07) is 20.6. The number of aromatic nitrogens is 2. The number of halogens is 2. The quantitative estimate of drug-likeness (QED) is 0.118. The third-order valence-electron chi connectivity index (χ3n) is 7.21. The lowest BCUT2D eigenvalue weighted by molar-refractivity contribution is -0.384. The maximum Gasteiger partial charge on any atom is 0.288 e. The number of nitro groups is 1. The lowest BCUT2D eigenvalue weighted by Crippen LogP contribution is -2.07. The second-order valence-electron chi connectivity index (χ2n) is 9.65. The van der Waals surface area contributed by atoms with Crippen molar-refractivity contribution in [3.8, 4) is 22.4 Å². The number of ketones is 1. The fraction of sp³-hybridized carbons (Fsp3) is 0.167. The fourth-order valence-electron chi connectivity index (χ4n) is 5.45. The Morgan fingerprint density at radius 1 is 1.03 bits per heavy atom. The molecule has 6 nitrogen and oxygen atoms in total. The van der Waals surface area contributed by atoms with Crippen molar-refractivity contribution in [2.45, 2.75) is 32.7 Å². The number of carbonyl (C=O) groups excluding carboxylic acids is 1. The van der Waals surface area contributed by atoms with Crippen molar-refractivity contribution in [2.75, 3.05) is 0 Å². The van der Waals surface area contributed by atoms with Gasteiger partial charge in [0.1, 0.15) is 16.4 Å². The third-order valence-corrected chi connectivity index (χ3v) is 8.03. The van der Waals surface area contributed by atoms with Gasteiger partial charge in [-0.25, -0.2) is 0 Å². The Morgan fingerprint density at radius 3 is 2.55 bits per heavy atom. The lowest BCUT2D eigenvalue weighted by atomic mass is 9.95. The minimum Gasteiger partial charge on any atom is -0.325 e. The number of imidazole rings is 1. The summed E-state index contributed by atoms with van der Waals surface area (Å²) in [4.78, 5) is 25.3. The second kappa shape index (κ2) is 9.57. The number of rotatable bonds is 5. The summed E-state index contributed by atoms with van der Waals surface area (Å²) in [7, 11) is 0. The Hall–Kier alpha value is -3.68. The number of hydrogen-bond acceptors (Lipinski definition) is 3. The van der Waals surface area contributed by atoms with Crippen molar-refractivity contribution in [2.24, 2.45) is 0 Å². The molecule has 0 saturated heterocycles. The van der Waals surface area contributed by atoms with Crippen LogP contribution in [-0.4, -0.2) is 19.7 Å². The van der Waals surface area contributed by atoms with Crippen molar-refractivity contribution in [1.29, 1.82) is 0 Å². The number of aryl methyl sites for hydroxylation is 3. The molecule has 8 heteroatoms. The molecule has 38 heavy (non-hydrogen) atoms. The van der Waals surface area contributed by atoms with Crippen LogP contribution in [0.2, 0.25) is 5.02 Å². The molecular formula is C30H23BrClN3O3. The molecule has 190 valence electrons. The van der Waals surface area contributed by atoms with Gasteiger partial charge in [-0.05, 0) is 61.6 Å². The summed E-state index contributed by atoms with van der Waals surface area (Å²) in [6.45, 7) is 2.90. The smallest absolute Gasteiger partial charge is 0.288 e. The highest BCUT2D eigenvalue weighted by atomic mass is 79.9. The van der Waals surface area contributed by atoms with Gasteiger partial charge in [-0.2, -0.15) is 0 Å². The maximum absolute atomic E-state index is 14.3. The Balaban J connectivity index is 1.67. The monoisotopic (exact) mass is 587 g/mol. The summed E-state index contributed by atoms with van der Waals surface area (Å²) in [5.41, 5.74) is 7.66. The second-order valence-corrected chi connectivity index (χ2v) is 11.0. The van der Waals surface area contributed by atoms with E-state index in [0.717, 1.165) is 63.9 Å². The fourth-order valence-corrected chi connectivity index (χ4v) is 6.03. The van der Waals surface area contributed by atoms with E-state index in [1.54, 1.807) is 6.07 Å². The molecule has 0 atom stereocenters. The molecule has 1 aliphatic heterocycles. The summed E-state index contributed by atoms with van der Waals surface area (Å²) in [5, 5.41) is 11.6. The van der Waals surface area contributed by atoms with E-state index in [9.17, 15) is 14.9 Å². The first kappa shape index (κ1) is 24.6. The van der Waals surface area contributed by atoms with Gasteiger partial charge >= 0.3 is 0 Å². The average Bonchev–Trinajstić information content (AvgIpc) is 3.32. The molecule has 3 heterocycles. The van der Waals surface area contributed by atoms with Gasteiger partial charge in [0.25, 0.3) is 5.69 Å². The highest BCUT2D eigenvalue weighted by Gasteiger charge is 2.31. The third kappa shape index (κ3) is 4.06. The van der Waals surface area contributed by atoms with Crippen LogP contribution >= 0.6 is 27.5 Å². The minimum atomic E-state index is -0.558. The number of benzene rings is 3. The zero-order valence-corrected chi connectivity index (χ0v) is 22.9. The van der Waals surface area contributed by atoms with E-state index < -0.39 is 4.92 Å². The Bertz CT molecular complexity index is 1750. The van der Waals surface area contributed by atoms with Crippen molar-refractivity contribution < 1.29 is 9.72 Å². The van der Waals surface area contributed by atoms with Gasteiger partial charge in [-0.3, -0.25) is 19.3 Å².